The van der Waals surface area contributed by atoms with Crippen molar-refractivity contribution in [2.24, 2.45) is 0 Å². The maximum atomic E-state index is 4.59. The normalized spacial score (nSPS) is 9.42. The molecule has 0 aliphatic carbocycles. The van der Waals surface area contributed by atoms with Gasteiger partial charge in [-0.05, 0) is 48.5 Å². The number of hydrogen-bond donors (Lipinski definition) is 0. The first-order valence-electron chi connectivity index (χ1n) is 7.68. The zero-order valence-corrected chi connectivity index (χ0v) is 17.5. The Balaban J connectivity index is 0.000000258. The zero-order chi connectivity index (χ0) is 17.3. The van der Waals surface area contributed by atoms with Gasteiger partial charge in [0.05, 0.1) is 22.8 Å². The maximum Gasteiger partial charge on any atom is 0.0894 e. The molecule has 4 rings (SSSR count). The molecule has 4 heterocycles. The Morgan fingerprint density at radius 2 is 1.04 bits per heavy atom. The van der Waals surface area contributed by atoms with Gasteiger partial charge in [0.1, 0.15) is 0 Å². The second-order valence-electron chi connectivity index (χ2n) is 5.00. The number of pyridine rings is 4. The van der Waals surface area contributed by atoms with E-state index in [1.54, 1.807) is 24.8 Å². The van der Waals surface area contributed by atoms with Crippen LogP contribution in [0.5, 0.6) is 0 Å². The Kier molecular flexibility index (Phi) is 8.26. The van der Waals surface area contributed by atoms with Crippen molar-refractivity contribution in [1.82, 2.24) is 19.9 Å². The average molecular weight is 586 g/mol. The molecule has 0 fully saturated rings. The smallest absolute Gasteiger partial charge is 0.0894 e. The van der Waals surface area contributed by atoms with Crippen molar-refractivity contribution in [3.8, 4) is 22.8 Å². The van der Waals surface area contributed by atoms with E-state index < -0.39 is 0 Å². The third-order valence-electron chi connectivity index (χ3n) is 3.24. The SMILES string of the molecule is Brc1ccncc1.[Pt].c1ccc(-c2cccc(-c3ccccn3)n2)nc1. The van der Waals surface area contributed by atoms with E-state index >= 15 is 0 Å². The van der Waals surface area contributed by atoms with Crippen LogP contribution in [0.3, 0.4) is 0 Å². The van der Waals surface area contributed by atoms with Crippen LogP contribution in [-0.4, -0.2) is 19.9 Å². The van der Waals surface area contributed by atoms with Gasteiger partial charge in [-0.3, -0.25) is 15.0 Å². The molecule has 0 amide bonds. The molecule has 4 aromatic rings. The molecule has 26 heavy (non-hydrogen) atoms. The molecular formula is C20H15BrN4Pt. The minimum Gasteiger partial charge on any atom is -0.265 e. The Labute approximate surface area is 175 Å². The largest absolute Gasteiger partial charge is 0.265 e. The van der Waals surface area contributed by atoms with Crippen molar-refractivity contribution < 1.29 is 21.1 Å². The summed E-state index contributed by atoms with van der Waals surface area (Å²) in [6.07, 6.45) is 7.02. The summed E-state index contributed by atoms with van der Waals surface area (Å²) < 4.78 is 1.07. The molecule has 0 aliphatic heterocycles. The minimum absolute atomic E-state index is 0. The Bertz CT molecular complexity index is 852. The summed E-state index contributed by atoms with van der Waals surface area (Å²) >= 11 is 3.27. The van der Waals surface area contributed by atoms with E-state index in [0.29, 0.717) is 0 Å². The third kappa shape index (κ3) is 5.94. The number of halogens is 1. The van der Waals surface area contributed by atoms with Gasteiger partial charge < -0.3 is 0 Å². The van der Waals surface area contributed by atoms with Crippen LogP contribution in [0.1, 0.15) is 0 Å². The van der Waals surface area contributed by atoms with Gasteiger partial charge in [-0.25, -0.2) is 4.98 Å². The van der Waals surface area contributed by atoms with E-state index in [2.05, 4.69) is 35.9 Å². The van der Waals surface area contributed by atoms with Crippen molar-refractivity contribution in [2.45, 2.75) is 0 Å². The van der Waals surface area contributed by atoms with Gasteiger partial charge >= 0.3 is 0 Å². The van der Waals surface area contributed by atoms with E-state index in [0.717, 1.165) is 27.2 Å². The first-order chi connectivity index (χ1) is 12.3. The molecule has 0 radical (unpaired) electrons. The minimum atomic E-state index is 0. The summed E-state index contributed by atoms with van der Waals surface area (Å²) in [5, 5.41) is 0. The van der Waals surface area contributed by atoms with Crippen LogP contribution in [0.15, 0.2) is 96.0 Å². The van der Waals surface area contributed by atoms with Gasteiger partial charge in [0, 0.05) is 50.3 Å². The van der Waals surface area contributed by atoms with E-state index in [9.17, 15) is 0 Å². The maximum absolute atomic E-state index is 4.59. The first kappa shape index (κ1) is 20.1. The van der Waals surface area contributed by atoms with E-state index in [1.165, 1.54) is 0 Å². The van der Waals surface area contributed by atoms with Crippen molar-refractivity contribution in [3.63, 3.8) is 0 Å². The predicted molar refractivity (Wildman–Crippen MR) is 103 cm³/mol. The molecule has 0 aliphatic rings. The third-order valence-corrected chi connectivity index (χ3v) is 3.77. The average Bonchev–Trinajstić information content (AvgIpc) is 2.71. The van der Waals surface area contributed by atoms with Crippen LogP contribution < -0.4 is 0 Å². The van der Waals surface area contributed by atoms with Crippen LogP contribution in [0, 0.1) is 0 Å². The quantitative estimate of drug-likeness (QED) is 0.330. The second kappa shape index (κ2) is 10.7. The molecule has 0 bridgehead atoms. The fraction of sp³-hybridized carbons (Fsp3) is 0. The van der Waals surface area contributed by atoms with Crippen LogP contribution in [0.2, 0.25) is 0 Å². The number of aromatic nitrogens is 4. The summed E-state index contributed by atoms with van der Waals surface area (Å²) in [6, 6.07) is 21.3. The van der Waals surface area contributed by atoms with Crippen molar-refractivity contribution in [3.05, 3.63) is 96.0 Å². The molecule has 0 aromatic carbocycles. The van der Waals surface area contributed by atoms with Crippen molar-refractivity contribution in [1.29, 1.82) is 0 Å². The molecule has 4 aromatic heterocycles. The van der Waals surface area contributed by atoms with E-state index in [1.807, 2.05) is 66.7 Å². The first-order valence-corrected chi connectivity index (χ1v) is 8.47. The van der Waals surface area contributed by atoms with Gasteiger partial charge in [0.25, 0.3) is 0 Å². The molecule has 0 saturated heterocycles. The van der Waals surface area contributed by atoms with Gasteiger partial charge in [-0.15, -0.1) is 0 Å². The standard InChI is InChI=1S/C15H11N3.C5H4BrN.Pt/c1-3-10-16-12(6-1)14-8-5-9-15(18-14)13-7-2-4-11-17-13;6-5-1-3-7-4-2-5;/h1-11H;1-4H;. The van der Waals surface area contributed by atoms with E-state index in [-0.39, 0.29) is 21.1 Å². The van der Waals surface area contributed by atoms with Crippen LogP contribution in [-0.2, 0) is 21.1 Å². The zero-order valence-electron chi connectivity index (χ0n) is 13.6. The van der Waals surface area contributed by atoms with Crippen LogP contribution in [0.25, 0.3) is 22.8 Å². The fourth-order valence-corrected chi connectivity index (χ4v) is 2.32. The molecule has 0 N–H and O–H groups in total. The molecule has 0 unspecified atom stereocenters. The van der Waals surface area contributed by atoms with Crippen LogP contribution >= 0.6 is 15.9 Å². The number of rotatable bonds is 2. The summed E-state index contributed by atoms with van der Waals surface area (Å²) in [5.41, 5.74) is 3.46. The van der Waals surface area contributed by atoms with Crippen molar-refractivity contribution >= 4 is 15.9 Å². The molecular weight excluding hydrogens is 571 g/mol. The van der Waals surface area contributed by atoms with Gasteiger partial charge in [-0.1, -0.05) is 34.1 Å². The molecule has 0 saturated carbocycles. The topological polar surface area (TPSA) is 51.6 Å². The molecule has 0 atom stereocenters. The summed E-state index contributed by atoms with van der Waals surface area (Å²) in [4.78, 5) is 17.0. The molecule has 4 nitrogen and oxygen atoms in total. The number of hydrogen-bond acceptors (Lipinski definition) is 4. The van der Waals surface area contributed by atoms with Gasteiger partial charge in [-0.2, -0.15) is 0 Å². The van der Waals surface area contributed by atoms with E-state index in [4.69, 9.17) is 0 Å². The molecule has 6 heteroatoms. The monoisotopic (exact) mass is 585 g/mol. The summed E-state index contributed by atoms with van der Waals surface area (Å²) in [6.45, 7) is 0. The Morgan fingerprint density at radius 1 is 0.538 bits per heavy atom. The molecule has 0 spiro atoms. The second-order valence-corrected chi connectivity index (χ2v) is 5.92. The molecule has 132 valence electrons. The fourth-order valence-electron chi connectivity index (χ4n) is 2.08. The van der Waals surface area contributed by atoms with Crippen LogP contribution in [0.4, 0.5) is 0 Å². The number of nitrogens with zero attached hydrogens (tertiary/aromatic N) is 4. The van der Waals surface area contributed by atoms with Crippen molar-refractivity contribution in [2.75, 3.05) is 0 Å². The predicted octanol–water partition coefficient (Wildman–Crippen LogP) is 5.05. The van der Waals surface area contributed by atoms with Gasteiger partial charge in [0.15, 0.2) is 0 Å². The summed E-state index contributed by atoms with van der Waals surface area (Å²) in [5.74, 6) is 0. The Morgan fingerprint density at radius 3 is 1.42 bits per heavy atom. The summed E-state index contributed by atoms with van der Waals surface area (Å²) in [7, 11) is 0. The van der Waals surface area contributed by atoms with Gasteiger partial charge in [0.2, 0.25) is 0 Å². The Hall–Kier alpha value is -2.23.